The van der Waals surface area contributed by atoms with Gasteiger partial charge in [0.15, 0.2) is 5.03 Å². The van der Waals surface area contributed by atoms with Crippen molar-refractivity contribution < 1.29 is 13.2 Å². The zero-order chi connectivity index (χ0) is 13.8. The monoisotopic (exact) mass is 275 g/mol. The molecule has 1 aromatic heterocycles. The van der Waals surface area contributed by atoms with Gasteiger partial charge in [-0.3, -0.25) is 0 Å². The third-order valence-corrected chi connectivity index (χ3v) is 3.44. The van der Waals surface area contributed by atoms with E-state index in [1.165, 1.54) is 11.1 Å². The minimum absolute atomic E-state index is 0.0129. The Balaban J connectivity index is 2.42. The van der Waals surface area contributed by atoms with Crippen LogP contribution in [-0.4, -0.2) is 56.5 Å². The van der Waals surface area contributed by atoms with Crippen molar-refractivity contribution in [3.63, 3.8) is 0 Å². The van der Waals surface area contributed by atoms with Crippen LogP contribution in [0.15, 0.2) is 11.2 Å². The number of nitrogens with zero attached hydrogens (tertiary/aromatic N) is 2. The number of aromatic nitrogens is 2. The summed E-state index contributed by atoms with van der Waals surface area (Å²) in [5.41, 5.74) is 0. The smallest absolute Gasteiger partial charge is 0.316 e. The zero-order valence-corrected chi connectivity index (χ0v) is 11.3. The highest BCUT2D eigenvalue weighted by molar-refractivity contribution is 7.89. The highest BCUT2D eigenvalue weighted by Gasteiger charge is 2.15. The molecule has 0 atom stereocenters. The van der Waals surface area contributed by atoms with Gasteiger partial charge in [-0.1, -0.05) is 0 Å². The maximum Gasteiger partial charge on any atom is 0.316 e. The molecule has 9 heteroatoms. The van der Waals surface area contributed by atoms with Gasteiger partial charge in [0.05, 0.1) is 6.20 Å². The molecule has 1 aromatic rings. The number of imidazole rings is 1. The standard InChI is InChI=1S/C9H17N5O3S/c1-7-11-6-8(13-7)18(16,17)12-5-4-10-9(15)14(2)3/h6,12H,4-5H2,1-3H3,(H,10,15)(H,11,13). The fraction of sp³-hybridized carbons (Fsp3) is 0.556. The molecule has 0 aromatic carbocycles. The van der Waals surface area contributed by atoms with Crippen LogP contribution in [0.2, 0.25) is 0 Å². The number of sulfonamides is 1. The van der Waals surface area contributed by atoms with Crippen molar-refractivity contribution in [3.8, 4) is 0 Å². The summed E-state index contributed by atoms with van der Waals surface area (Å²) in [6, 6.07) is -0.272. The number of urea groups is 1. The van der Waals surface area contributed by atoms with Gasteiger partial charge in [0, 0.05) is 27.2 Å². The number of aromatic amines is 1. The molecule has 0 fully saturated rings. The van der Waals surface area contributed by atoms with Crippen molar-refractivity contribution in [1.82, 2.24) is 24.9 Å². The Labute approximate surface area is 106 Å². The average Bonchev–Trinajstić information content (AvgIpc) is 2.71. The number of H-pyrrole nitrogens is 1. The lowest BCUT2D eigenvalue weighted by atomic mass is 10.6. The van der Waals surface area contributed by atoms with E-state index in [1.807, 2.05) is 0 Å². The third-order valence-electron chi connectivity index (χ3n) is 2.07. The van der Waals surface area contributed by atoms with Gasteiger partial charge in [0.25, 0.3) is 10.0 Å². The van der Waals surface area contributed by atoms with E-state index < -0.39 is 10.0 Å². The summed E-state index contributed by atoms with van der Waals surface area (Å²) in [4.78, 5) is 19.0. The first-order chi connectivity index (χ1) is 8.33. The highest BCUT2D eigenvalue weighted by atomic mass is 32.2. The Morgan fingerprint density at radius 2 is 2.11 bits per heavy atom. The molecule has 0 spiro atoms. The lowest BCUT2D eigenvalue weighted by Gasteiger charge is -2.11. The largest absolute Gasteiger partial charge is 0.337 e. The number of amides is 2. The van der Waals surface area contributed by atoms with E-state index in [0.717, 1.165) is 0 Å². The predicted molar refractivity (Wildman–Crippen MR) is 65.6 cm³/mol. The van der Waals surface area contributed by atoms with E-state index in [4.69, 9.17) is 0 Å². The number of hydrogen-bond acceptors (Lipinski definition) is 4. The van der Waals surface area contributed by atoms with Gasteiger partial charge >= 0.3 is 6.03 Å². The molecule has 0 aliphatic rings. The molecule has 1 rings (SSSR count). The van der Waals surface area contributed by atoms with Gasteiger partial charge in [-0.15, -0.1) is 0 Å². The van der Waals surface area contributed by atoms with Crippen LogP contribution in [0.25, 0.3) is 0 Å². The molecule has 1 heterocycles. The molecule has 0 unspecified atom stereocenters. The minimum Gasteiger partial charge on any atom is -0.337 e. The first kappa shape index (κ1) is 14.5. The lowest BCUT2D eigenvalue weighted by molar-refractivity contribution is 0.217. The molecule has 3 N–H and O–H groups in total. The van der Waals surface area contributed by atoms with Gasteiger partial charge in [-0.05, 0) is 6.92 Å². The van der Waals surface area contributed by atoms with Crippen LogP contribution in [0.1, 0.15) is 5.82 Å². The number of rotatable bonds is 5. The van der Waals surface area contributed by atoms with E-state index in [2.05, 4.69) is 20.0 Å². The van der Waals surface area contributed by atoms with E-state index in [9.17, 15) is 13.2 Å². The molecule has 2 amide bonds. The van der Waals surface area contributed by atoms with Gasteiger partial charge in [0.1, 0.15) is 5.82 Å². The average molecular weight is 275 g/mol. The Kier molecular flexibility index (Phi) is 4.68. The van der Waals surface area contributed by atoms with Crippen LogP contribution in [0.3, 0.4) is 0 Å². The number of carbonyl (C=O) groups excluding carboxylic acids is 1. The molecule has 102 valence electrons. The normalized spacial score (nSPS) is 11.3. The molecule has 0 bridgehead atoms. The van der Waals surface area contributed by atoms with Crippen molar-refractivity contribution in [3.05, 3.63) is 12.0 Å². The molecular formula is C9H17N5O3S. The first-order valence-electron chi connectivity index (χ1n) is 5.29. The van der Waals surface area contributed by atoms with Crippen LogP contribution in [-0.2, 0) is 10.0 Å². The molecule has 0 radical (unpaired) electrons. The summed E-state index contributed by atoms with van der Waals surface area (Å²) in [6.07, 6.45) is 1.25. The second kappa shape index (κ2) is 5.83. The summed E-state index contributed by atoms with van der Waals surface area (Å²) in [5.74, 6) is 0.524. The summed E-state index contributed by atoms with van der Waals surface area (Å²) >= 11 is 0. The predicted octanol–water partition coefficient (Wildman–Crippen LogP) is -0.732. The van der Waals surface area contributed by atoms with Gasteiger partial charge in [0.2, 0.25) is 0 Å². The van der Waals surface area contributed by atoms with Crippen molar-refractivity contribution in [1.29, 1.82) is 0 Å². The van der Waals surface area contributed by atoms with Gasteiger partial charge in [-0.25, -0.2) is 22.9 Å². The van der Waals surface area contributed by atoms with Crippen molar-refractivity contribution in [2.75, 3.05) is 27.2 Å². The summed E-state index contributed by atoms with van der Waals surface area (Å²) in [5, 5.41) is 2.56. The molecule has 0 saturated heterocycles. The van der Waals surface area contributed by atoms with Gasteiger partial charge < -0.3 is 15.2 Å². The molecule has 0 aliphatic carbocycles. The third kappa shape index (κ3) is 4.00. The Morgan fingerprint density at radius 3 is 2.61 bits per heavy atom. The van der Waals surface area contributed by atoms with E-state index >= 15 is 0 Å². The topological polar surface area (TPSA) is 107 Å². The van der Waals surface area contributed by atoms with Crippen molar-refractivity contribution in [2.45, 2.75) is 11.9 Å². The maximum atomic E-state index is 11.7. The SMILES string of the molecule is Cc1ncc(S(=O)(=O)NCCNC(=O)N(C)C)[nH]1. The van der Waals surface area contributed by atoms with Crippen LogP contribution in [0.4, 0.5) is 4.79 Å². The summed E-state index contributed by atoms with van der Waals surface area (Å²) < 4.78 is 25.8. The molecule has 0 aliphatic heterocycles. The van der Waals surface area contributed by atoms with Crippen molar-refractivity contribution >= 4 is 16.1 Å². The minimum atomic E-state index is -3.59. The fourth-order valence-electron chi connectivity index (χ4n) is 1.13. The second-order valence-corrected chi connectivity index (χ2v) is 5.59. The molecule has 8 nitrogen and oxygen atoms in total. The highest BCUT2D eigenvalue weighted by Crippen LogP contribution is 2.03. The Hall–Kier alpha value is -1.61. The van der Waals surface area contributed by atoms with E-state index in [-0.39, 0.29) is 24.1 Å². The number of carbonyl (C=O) groups is 1. The van der Waals surface area contributed by atoms with Crippen LogP contribution in [0, 0.1) is 6.92 Å². The summed E-state index contributed by atoms with van der Waals surface area (Å²) in [7, 11) is -0.383. The zero-order valence-electron chi connectivity index (χ0n) is 10.5. The first-order valence-corrected chi connectivity index (χ1v) is 6.77. The quantitative estimate of drug-likeness (QED) is 0.616. The second-order valence-electron chi connectivity index (χ2n) is 3.86. The molecular weight excluding hydrogens is 258 g/mol. The van der Waals surface area contributed by atoms with E-state index in [0.29, 0.717) is 5.82 Å². The maximum absolute atomic E-state index is 11.7. The van der Waals surface area contributed by atoms with Crippen LogP contribution in [0.5, 0.6) is 0 Å². The molecule has 18 heavy (non-hydrogen) atoms. The number of hydrogen-bond donors (Lipinski definition) is 3. The number of aryl methyl sites for hydroxylation is 1. The molecule has 0 saturated carbocycles. The van der Waals surface area contributed by atoms with Crippen LogP contribution >= 0.6 is 0 Å². The fourth-order valence-corrected chi connectivity index (χ4v) is 2.13. The number of nitrogens with one attached hydrogen (secondary N) is 3. The van der Waals surface area contributed by atoms with E-state index in [1.54, 1.807) is 21.0 Å². The van der Waals surface area contributed by atoms with Crippen molar-refractivity contribution in [2.24, 2.45) is 0 Å². The Bertz CT molecular complexity index is 508. The summed E-state index contributed by atoms with van der Waals surface area (Å²) in [6.45, 7) is 1.99. The van der Waals surface area contributed by atoms with Crippen LogP contribution < -0.4 is 10.0 Å². The Morgan fingerprint density at radius 1 is 1.44 bits per heavy atom. The lowest BCUT2D eigenvalue weighted by Crippen LogP contribution is -2.39. The van der Waals surface area contributed by atoms with Gasteiger partial charge in [-0.2, -0.15) is 0 Å².